The van der Waals surface area contributed by atoms with Gasteiger partial charge in [0.1, 0.15) is 5.54 Å². The molecule has 2 fully saturated rings. The van der Waals surface area contributed by atoms with E-state index in [0.717, 1.165) is 19.4 Å². The Morgan fingerprint density at radius 1 is 1.41 bits per heavy atom. The Balaban J connectivity index is 1.81. The molecule has 0 aliphatic heterocycles. The summed E-state index contributed by atoms with van der Waals surface area (Å²) in [6.07, 6.45) is 6.81. The van der Waals surface area contributed by atoms with Crippen LogP contribution in [0.2, 0.25) is 0 Å². The maximum atomic E-state index is 11.4. The van der Waals surface area contributed by atoms with Crippen molar-refractivity contribution in [2.24, 2.45) is 0 Å². The van der Waals surface area contributed by atoms with Crippen LogP contribution < -0.4 is 5.32 Å². The number of rotatable bonds is 7. The molecule has 2 saturated carbocycles. The minimum atomic E-state index is -0.751. The van der Waals surface area contributed by atoms with E-state index in [1.165, 1.54) is 19.3 Å². The molecule has 0 aromatic rings. The van der Waals surface area contributed by atoms with E-state index in [4.69, 9.17) is 0 Å². The molecule has 2 rings (SSSR count). The molecule has 0 amide bonds. The van der Waals surface area contributed by atoms with Crippen LogP contribution in [0.3, 0.4) is 0 Å². The number of carbonyl (C=O) groups is 1. The van der Waals surface area contributed by atoms with Crippen molar-refractivity contribution in [3.8, 4) is 0 Å². The van der Waals surface area contributed by atoms with Gasteiger partial charge in [0.05, 0.1) is 0 Å². The van der Waals surface area contributed by atoms with E-state index in [2.05, 4.69) is 17.3 Å². The lowest BCUT2D eigenvalue weighted by molar-refractivity contribution is -0.144. The van der Waals surface area contributed by atoms with Gasteiger partial charge in [-0.25, -0.2) is 0 Å². The zero-order valence-electron chi connectivity index (χ0n) is 10.9. The molecule has 2 N–H and O–H groups in total. The van der Waals surface area contributed by atoms with Gasteiger partial charge in [0.15, 0.2) is 0 Å². The largest absolute Gasteiger partial charge is 0.480 e. The van der Waals surface area contributed by atoms with E-state index in [0.29, 0.717) is 18.5 Å². The molecule has 0 spiro atoms. The van der Waals surface area contributed by atoms with Crippen LogP contribution in [-0.2, 0) is 4.79 Å². The summed E-state index contributed by atoms with van der Waals surface area (Å²) >= 11 is 0. The zero-order valence-corrected chi connectivity index (χ0v) is 10.9. The summed E-state index contributed by atoms with van der Waals surface area (Å²) in [5.41, 5.74) is -0.751. The van der Waals surface area contributed by atoms with Crippen molar-refractivity contribution < 1.29 is 9.90 Å². The highest BCUT2D eigenvalue weighted by molar-refractivity contribution is 5.78. The highest BCUT2D eigenvalue weighted by Gasteiger charge is 2.38. The first-order valence-corrected chi connectivity index (χ1v) is 6.72. The third kappa shape index (κ3) is 3.19. The smallest absolute Gasteiger partial charge is 0.323 e. The molecule has 0 heterocycles. The lowest BCUT2D eigenvalue weighted by Gasteiger charge is -2.37. The lowest BCUT2D eigenvalue weighted by atomic mass is 9.90. The predicted molar refractivity (Wildman–Crippen MR) is 67.1 cm³/mol. The highest BCUT2D eigenvalue weighted by atomic mass is 16.4. The van der Waals surface area contributed by atoms with Crippen molar-refractivity contribution in [3.63, 3.8) is 0 Å². The lowest BCUT2D eigenvalue weighted by Crippen LogP contribution is -2.53. The van der Waals surface area contributed by atoms with E-state index in [9.17, 15) is 9.90 Å². The van der Waals surface area contributed by atoms with Crippen molar-refractivity contribution in [2.75, 3.05) is 13.6 Å². The van der Waals surface area contributed by atoms with Crippen molar-refractivity contribution in [3.05, 3.63) is 0 Å². The Labute approximate surface area is 103 Å². The second-order valence-electron chi connectivity index (χ2n) is 5.87. The van der Waals surface area contributed by atoms with Gasteiger partial charge in [-0.15, -0.1) is 0 Å². The summed E-state index contributed by atoms with van der Waals surface area (Å²) in [6, 6.07) is 1.12. The van der Waals surface area contributed by atoms with Gasteiger partial charge in [-0.3, -0.25) is 10.1 Å². The number of nitrogens with zero attached hydrogens (tertiary/aromatic N) is 1. The number of carboxylic acid groups (broad SMARTS) is 1. The molecule has 0 radical (unpaired) electrons. The molecule has 2 aliphatic carbocycles. The summed E-state index contributed by atoms with van der Waals surface area (Å²) in [5, 5.41) is 12.6. The average Bonchev–Trinajstić information content (AvgIpc) is 2.95. The number of aliphatic carboxylic acids is 1. The third-order valence-corrected chi connectivity index (χ3v) is 4.23. The maximum absolute atomic E-state index is 11.4. The summed E-state index contributed by atoms with van der Waals surface area (Å²) in [5.74, 6) is -0.716. The van der Waals surface area contributed by atoms with Gasteiger partial charge < -0.3 is 10.0 Å². The molecular formula is C13H24N2O2. The Kier molecular flexibility index (Phi) is 3.73. The molecule has 17 heavy (non-hydrogen) atoms. The van der Waals surface area contributed by atoms with Crippen LogP contribution in [0.25, 0.3) is 0 Å². The van der Waals surface area contributed by atoms with Crippen LogP contribution >= 0.6 is 0 Å². The monoisotopic (exact) mass is 240 g/mol. The van der Waals surface area contributed by atoms with Crippen molar-refractivity contribution in [1.29, 1.82) is 0 Å². The van der Waals surface area contributed by atoms with Crippen LogP contribution in [0.5, 0.6) is 0 Å². The average molecular weight is 240 g/mol. The summed E-state index contributed by atoms with van der Waals surface area (Å²) in [7, 11) is 2.11. The van der Waals surface area contributed by atoms with Gasteiger partial charge >= 0.3 is 5.97 Å². The fourth-order valence-electron chi connectivity index (χ4n) is 2.33. The van der Waals surface area contributed by atoms with Gasteiger partial charge in [0, 0.05) is 18.6 Å². The maximum Gasteiger partial charge on any atom is 0.323 e. The first kappa shape index (κ1) is 12.8. The Hall–Kier alpha value is -0.610. The standard InChI is InChI=1S/C13H24N2O2/c1-13(12(16)17,14-10-6-7-10)8-9-15(2)11-4-3-5-11/h10-11,14H,3-9H2,1-2H3,(H,16,17). The minimum absolute atomic E-state index is 0.435. The van der Waals surface area contributed by atoms with E-state index >= 15 is 0 Å². The normalized spacial score (nSPS) is 24.4. The van der Waals surface area contributed by atoms with Crippen LogP contribution in [0, 0.1) is 0 Å². The molecule has 2 aliphatic rings. The molecule has 0 aromatic carbocycles. The molecule has 0 bridgehead atoms. The fourth-order valence-corrected chi connectivity index (χ4v) is 2.33. The zero-order chi connectivity index (χ0) is 12.5. The van der Waals surface area contributed by atoms with Crippen LogP contribution in [0.15, 0.2) is 0 Å². The molecule has 0 aromatic heterocycles. The van der Waals surface area contributed by atoms with Gasteiger partial charge in [-0.1, -0.05) is 6.42 Å². The first-order valence-electron chi connectivity index (χ1n) is 6.72. The summed E-state index contributed by atoms with van der Waals surface area (Å²) in [6.45, 7) is 2.69. The van der Waals surface area contributed by atoms with E-state index in [1.54, 1.807) is 0 Å². The minimum Gasteiger partial charge on any atom is -0.480 e. The molecule has 4 nitrogen and oxygen atoms in total. The van der Waals surface area contributed by atoms with Gasteiger partial charge in [0.25, 0.3) is 0 Å². The quantitative estimate of drug-likeness (QED) is 0.707. The SMILES string of the molecule is CN(CCC(C)(NC1CC1)C(=O)O)C1CCC1. The van der Waals surface area contributed by atoms with E-state index in [1.807, 2.05) is 6.92 Å². The number of hydrogen-bond acceptors (Lipinski definition) is 3. The number of hydrogen-bond donors (Lipinski definition) is 2. The highest BCUT2D eigenvalue weighted by Crippen LogP contribution is 2.27. The molecular weight excluding hydrogens is 216 g/mol. The van der Waals surface area contributed by atoms with Gasteiger partial charge in [-0.05, 0) is 46.1 Å². The Morgan fingerprint density at radius 2 is 2.06 bits per heavy atom. The van der Waals surface area contributed by atoms with Crippen molar-refractivity contribution in [1.82, 2.24) is 10.2 Å². The second kappa shape index (κ2) is 4.94. The molecule has 1 unspecified atom stereocenters. The van der Waals surface area contributed by atoms with Crippen molar-refractivity contribution >= 4 is 5.97 Å². The second-order valence-corrected chi connectivity index (χ2v) is 5.87. The van der Waals surface area contributed by atoms with Crippen LogP contribution in [-0.4, -0.2) is 47.2 Å². The van der Waals surface area contributed by atoms with Gasteiger partial charge in [-0.2, -0.15) is 0 Å². The molecule has 1 atom stereocenters. The topological polar surface area (TPSA) is 52.6 Å². The Bertz CT molecular complexity index is 287. The van der Waals surface area contributed by atoms with Crippen molar-refractivity contribution in [2.45, 2.75) is 63.1 Å². The van der Waals surface area contributed by atoms with E-state index in [-0.39, 0.29) is 0 Å². The van der Waals surface area contributed by atoms with Gasteiger partial charge in [0.2, 0.25) is 0 Å². The fraction of sp³-hybridized carbons (Fsp3) is 0.923. The number of carboxylic acids is 1. The Morgan fingerprint density at radius 3 is 2.47 bits per heavy atom. The molecule has 0 saturated heterocycles. The molecule has 4 heteroatoms. The predicted octanol–water partition coefficient (Wildman–Crippen LogP) is 1.46. The van der Waals surface area contributed by atoms with Crippen LogP contribution in [0.4, 0.5) is 0 Å². The first-order chi connectivity index (χ1) is 8.01. The van der Waals surface area contributed by atoms with Crippen LogP contribution in [0.1, 0.15) is 45.4 Å². The summed E-state index contributed by atoms with van der Waals surface area (Å²) < 4.78 is 0. The summed E-state index contributed by atoms with van der Waals surface area (Å²) in [4.78, 5) is 13.7. The molecule has 98 valence electrons. The third-order valence-electron chi connectivity index (χ3n) is 4.23. The van der Waals surface area contributed by atoms with E-state index < -0.39 is 11.5 Å². The number of nitrogens with one attached hydrogen (secondary N) is 1.